The third-order valence-electron chi connectivity index (χ3n) is 4.38. The smallest absolute Gasteiger partial charge is 0.0702 e. The molecule has 2 fully saturated rings. The second-order valence-corrected chi connectivity index (χ2v) is 5.79. The minimum Gasteiger partial charge on any atom is -0.393 e. The fourth-order valence-electron chi connectivity index (χ4n) is 3.46. The number of para-hydroxylation sites is 1. The lowest BCUT2D eigenvalue weighted by Crippen LogP contribution is -2.25. The van der Waals surface area contributed by atoms with Gasteiger partial charge in [-0.1, -0.05) is 23.7 Å². The van der Waals surface area contributed by atoms with Gasteiger partial charge < -0.3 is 15.1 Å². The number of aliphatic hydroxyl groups is 2. The average Bonchev–Trinajstić information content (AvgIpc) is 2.91. The Kier molecular flexibility index (Phi) is 3.22. The van der Waals surface area contributed by atoms with Crippen LogP contribution in [0.3, 0.4) is 0 Å². The van der Waals surface area contributed by atoms with Crippen LogP contribution in [0.4, 0.5) is 5.69 Å². The van der Waals surface area contributed by atoms with E-state index in [1.54, 1.807) is 0 Å². The number of halogens is 1. The Balaban J connectivity index is 1.89. The Morgan fingerprint density at radius 2 is 2.11 bits per heavy atom. The highest BCUT2D eigenvalue weighted by atomic mass is 35.5. The van der Waals surface area contributed by atoms with Crippen LogP contribution in [0.1, 0.15) is 18.4 Å². The molecule has 1 saturated heterocycles. The van der Waals surface area contributed by atoms with E-state index in [4.69, 9.17) is 11.6 Å². The molecule has 3 nitrogen and oxygen atoms in total. The minimum atomic E-state index is -0.167. The molecule has 3 rings (SSSR count). The molecule has 4 heteroatoms. The minimum absolute atomic E-state index is 0.00425. The quantitative estimate of drug-likeness (QED) is 0.862. The first-order chi connectivity index (χ1) is 8.70. The highest BCUT2D eigenvalue weighted by Crippen LogP contribution is 2.42. The van der Waals surface area contributed by atoms with Crippen molar-refractivity contribution in [2.24, 2.45) is 11.8 Å². The van der Waals surface area contributed by atoms with Crippen molar-refractivity contribution < 1.29 is 10.2 Å². The van der Waals surface area contributed by atoms with Crippen LogP contribution in [0.5, 0.6) is 0 Å². The van der Waals surface area contributed by atoms with Crippen molar-refractivity contribution in [2.75, 3.05) is 18.0 Å². The van der Waals surface area contributed by atoms with Gasteiger partial charge in [0.05, 0.1) is 23.4 Å². The predicted molar refractivity (Wildman–Crippen MR) is 71.8 cm³/mol. The zero-order valence-corrected chi connectivity index (χ0v) is 11.0. The highest BCUT2D eigenvalue weighted by Gasteiger charge is 2.42. The monoisotopic (exact) mass is 267 g/mol. The van der Waals surface area contributed by atoms with Crippen LogP contribution in [-0.4, -0.2) is 29.4 Å². The fraction of sp³-hybridized carbons (Fsp3) is 0.571. The van der Waals surface area contributed by atoms with E-state index in [0.29, 0.717) is 16.9 Å². The summed E-state index contributed by atoms with van der Waals surface area (Å²) in [6.45, 7) is 1.80. The molecule has 0 amide bonds. The Hall–Kier alpha value is -0.770. The van der Waals surface area contributed by atoms with Crippen LogP contribution in [0.2, 0.25) is 5.02 Å². The van der Waals surface area contributed by atoms with E-state index < -0.39 is 0 Å². The van der Waals surface area contributed by atoms with Crippen molar-refractivity contribution in [1.82, 2.24) is 0 Å². The van der Waals surface area contributed by atoms with Gasteiger partial charge >= 0.3 is 0 Å². The van der Waals surface area contributed by atoms with Gasteiger partial charge in [0.15, 0.2) is 0 Å². The molecule has 18 heavy (non-hydrogen) atoms. The maximum Gasteiger partial charge on any atom is 0.0702 e. The molecule has 0 bridgehead atoms. The molecule has 1 heterocycles. The first kappa shape index (κ1) is 12.3. The summed E-state index contributed by atoms with van der Waals surface area (Å²) in [7, 11) is 0. The molecule has 3 unspecified atom stereocenters. The second kappa shape index (κ2) is 4.72. The third-order valence-corrected chi connectivity index (χ3v) is 4.68. The summed E-state index contributed by atoms with van der Waals surface area (Å²) in [5, 5.41) is 20.1. The van der Waals surface area contributed by atoms with Crippen molar-refractivity contribution in [1.29, 1.82) is 0 Å². The Bertz CT molecular complexity index is 451. The van der Waals surface area contributed by atoms with E-state index in [2.05, 4.69) is 4.90 Å². The standard InChI is InChI=1S/C14H18ClNO2/c15-12-3-1-2-10(8-17)14(12)16-6-9-4-5-13(18)11(9)7-16/h1-3,9,11,13,17-18H,4-8H2. The molecular weight excluding hydrogens is 250 g/mol. The van der Waals surface area contributed by atoms with E-state index in [9.17, 15) is 10.2 Å². The normalized spacial score (nSPS) is 30.8. The summed E-state index contributed by atoms with van der Waals surface area (Å²) >= 11 is 6.27. The van der Waals surface area contributed by atoms with Gasteiger partial charge in [0.1, 0.15) is 0 Å². The highest BCUT2D eigenvalue weighted by molar-refractivity contribution is 6.33. The Labute approximate surface area is 112 Å². The number of nitrogens with zero attached hydrogens (tertiary/aromatic N) is 1. The fourth-order valence-corrected chi connectivity index (χ4v) is 3.77. The van der Waals surface area contributed by atoms with Crippen molar-refractivity contribution in [2.45, 2.75) is 25.6 Å². The first-order valence-corrected chi connectivity index (χ1v) is 6.89. The molecule has 2 N–H and O–H groups in total. The van der Waals surface area contributed by atoms with E-state index in [0.717, 1.165) is 37.2 Å². The molecule has 3 atom stereocenters. The van der Waals surface area contributed by atoms with Crippen LogP contribution in [-0.2, 0) is 6.61 Å². The summed E-state index contributed by atoms with van der Waals surface area (Å²) in [5.74, 6) is 0.940. The number of aliphatic hydroxyl groups excluding tert-OH is 2. The maximum absolute atomic E-state index is 9.95. The van der Waals surface area contributed by atoms with E-state index >= 15 is 0 Å². The summed E-state index contributed by atoms with van der Waals surface area (Å²) in [5.41, 5.74) is 1.82. The summed E-state index contributed by atoms with van der Waals surface area (Å²) in [6.07, 6.45) is 1.86. The Morgan fingerprint density at radius 3 is 2.83 bits per heavy atom. The van der Waals surface area contributed by atoms with Crippen LogP contribution in [0, 0.1) is 11.8 Å². The van der Waals surface area contributed by atoms with Gasteiger partial charge in [-0.15, -0.1) is 0 Å². The molecule has 0 aromatic heterocycles. The number of hydrogen-bond acceptors (Lipinski definition) is 3. The molecule has 0 radical (unpaired) electrons. The molecule has 98 valence electrons. The number of anilines is 1. The third kappa shape index (κ3) is 1.91. The summed E-state index contributed by atoms with van der Waals surface area (Å²) in [4.78, 5) is 2.23. The van der Waals surface area contributed by atoms with Gasteiger partial charge in [0.2, 0.25) is 0 Å². The lowest BCUT2D eigenvalue weighted by atomic mass is 10.00. The van der Waals surface area contributed by atoms with Crippen LogP contribution >= 0.6 is 11.6 Å². The van der Waals surface area contributed by atoms with E-state index in [1.807, 2.05) is 18.2 Å². The van der Waals surface area contributed by atoms with Gasteiger partial charge in [-0.2, -0.15) is 0 Å². The van der Waals surface area contributed by atoms with Gasteiger partial charge in [-0.3, -0.25) is 0 Å². The van der Waals surface area contributed by atoms with E-state index in [-0.39, 0.29) is 12.7 Å². The molecular formula is C14H18ClNO2. The molecule has 1 saturated carbocycles. The first-order valence-electron chi connectivity index (χ1n) is 6.52. The van der Waals surface area contributed by atoms with Gasteiger partial charge in [-0.05, 0) is 24.8 Å². The van der Waals surface area contributed by atoms with E-state index in [1.165, 1.54) is 0 Å². The maximum atomic E-state index is 9.95. The predicted octanol–water partition coefficient (Wildman–Crippen LogP) is 2.04. The molecule has 0 spiro atoms. The number of benzene rings is 1. The van der Waals surface area contributed by atoms with Crippen LogP contribution < -0.4 is 4.90 Å². The van der Waals surface area contributed by atoms with Gasteiger partial charge in [0, 0.05) is 24.6 Å². The number of rotatable bonds is 2. The zero-order valence-electron chi connectivity index (χ0n) is 10.2. The molecule has 1 aromatic carbocycles. The Morgan fingerprint density at radius 1 is 1.28 bits per heavy atom. The van der Waals surface area contributed by atoms with Crippen LogP contribution in [0.15, 0.2) is 18.2 Å². The van der Waals surface area contributed by atoms with Crippen molar-refractivity contribution in [3.8, 4) is 0 Å². The summed E-state index contributed by atoms with van der Waals surface area (Å²) < 4.78 is 0. The average molecular weight is 268 g/mol. The summed E-state index contributed by atoms with van der Waals surface area (Å²) in [6, 6.07) is 5.63. The molecule has 2 aliphatic rings. The largest absolute Gasteiger partial charge is 0.393 e. The lowest BCUT2D eigenvalue weighted by molar-refractivity contribution is 0.133. The number of hydrogen-bond donors (Lipinski definition) is 2. The lowest BCUT2D eigenvalue weighted by Gasteiger charge is -2.24. The molecule has 1 aromatic rings. The van der Waals surface area contributed by atoms with Gasteiger partial charge in [-0.25, -0.2) is 0 Å². The second-order valence-electron chi connectivity index (χ2n) is 5.38. The molecule has 1 aliphatic heterocycles. The van der Waals surface area contributed by atoms with Crippen LogP contribution in [0.25, 0.3) is 0 Å². The van der Waals surface area contributed by atoms with Crippen molar-refractivity contribution >= 4 is 17.3 Å². The topological polar surface area (TPSA) is 43.7 Å². The SMILES string of the molecule is OCc1cccc(Cl)c1N1CC2CCC(O)C2C1. The van der Waals surface area contributed by atoms with Crippen molar-refractivity contribution in [3.05, 3.63) is 28.8 Å². The van der Waals surface area contributed by atoms with Crippen molar-refractivity contribution in [3.63, 3.8) is 0 Å². The number of fused-ring (bicyclic) bond motifs is 1. The zero-order chi connectivity index (χ0) is 12.7. The van der Waals surface area contributed by atoms with Gasteiger partial charge in [0.25, 0.3) is 0 Å². The molecule has 1 aliphatic carbocycles.